The number of nitrogens with one attached hydrogen (secondary N) is 1. The molecule has 1 aromatic carbocycles. The largest absolute Gasteiger partial charge is 0.322 e. The number of carbonyl (C=O) groups excluding carboxylic acids is 1. The van der Waals surface area contributed by atoms with Crippen LogP contribution in [0.5, 0.6) is 0 Å². The van der Waals surface area contributed by atoms with Crippen LogP contribution in [0.4, 0.5) is 15.8 Å². The first-order valence-corrected chi connectivity index (χ1v) is 5.15. The minimum atomic E-state index is -1.10. The van der Waals surface area contributed by atoms with Gasteiger partial charge in [-0.2, -0.15) is 5.26 Å². The molecule has 0 spiro atoms. The third kappa shape index (κ3) is 2.00. The summed E-state index contributed by atoms with van der Waals surface area (Å²) in [5, 5.41) is 21.6. The Hall–Kier alpha value is -2.49. The number of nitro benzene ring substituents is 1. The van der Waals surface area contributed by atoms with E-state index in [-0.39, 0.29) is 11.4 Å². The van der Waals surface area contributed by atoms with Crippen molar-refractivity contribution in [3.63, 3.8) is 0 Å². The average Bonchev–Trinajstić information content (AvgIpc) is 3.12. The van der Waals surface area contributed by atoms with E-state index < -0.39 is 22.1 Å². The lowest BCUT2D eigenvalue weighted by atomic mass is 10.1. The summed E-state index contributed by atoms with van der Waals surface area (Å²) in [7, 11) is 0. The van der Waals surface area contributed by atoms with E-state index in [0.29, 0.717) is 12.8 Å². The Morgan fingerprint density at radius 2 is 2.22 bits per heavy atom. The Balaban J connectivity index is 2.24. The third-order valence-corrected chi connectivity index (χ3v) is 2.81. The molecule has 0 heterocycles. The van der Waals surface area contributed by atoms with Gasteiger partial charge in [0.05, 0.1) is 16.7 Å². The van der Waals surface area contributed by atoms with Crippen LogP contribution < -0.4 is 5.32 Å². The molecule has 6 nitrogen and oxygen atoms in total. The van der Waals surface area contributed by atoms with Gasteiger partial charge in [0.15, 0.2) is 0 Å². The SMILES string of the molecule is N#CC1(C(=O)Nc2cc([N+](=O)[O-])ccc2F)CC1. The lowest BCUT2D eigenvalue weighted by Gasteiger charge is -2.08. The first-order valence-electron chi connectivity index (χ1n) is 5.15. The number of hydrogen-bond donors (Lipinski definition) is 1. The maximum Gasteiger partial charge on any atom is 0.271 e. The zero-order valence-electron chi connectivity index (χ0n) is 9.14. The summed E-state index contributed by atoms with van der Waals surface area (Å²) in [4.78, 5) is 21.5. The fourth-order valence-corrected chi connectivity index (χ4v) is 1.48. The highest BCUT2D eigenvalue weighted by molar-refractivity contribution is 5.99. The molecule has 7 heteroatoms. The summed E-state index contributed by atoms with van der Waals surface area (Å²) in [5.74, 6) is -1.40. The molecule has 0 bridgehead atoms. The molecule has 1 aliphatic rings. The third-order valence-electron chi connectivity index (χ3n) is 2.81. The highest BCUT2D eigenvalue weighted by Crippen LogP contribution is 2.45. The van der Waals surface area contributed by atoms with Crippen LogP contribution in [-0.4, -0.2) is 10.8 Å². The molecular weight excluding hydrogens is 241 g/mol. The fraction of sp³-hybridized carbons (Fsp3) is 0.273. The van der Waals surface area contributed by atoms with Crippen LogP contribution in [0.3, 0.4) is 0 Å². The summed E-state index contributed by atoms with van der Waals surface area (Å²) in [6.45, 7) is 0. The van der Waals surface area contributed by atoms with E-state index in [0.717, 1.165) is 18.2 Å². The quantitative estimate of drug-likeness (QED) is 0.654. The van der Waals surface area contributed by atoms with E-state index in [2.05, 4.69) is 5.32 Å². The molecule has 0 unspecified atom stereocenters. The summed E-state index contributed by atoms with van der Waals surface area (Å²) >= 11 is 0. The molecule has 0 atom stereocenters. The van der Waals surface area contributed by atoms with Crippen molar-refractivity contribution in [2.75, 3.05) is 5.32 Å². The number of nitrogens with zero attached hydrogens (tertiary/aromatic N) is 2. The van der Waals surface area contributed by atoms with Gasteiger partial charge in [0, 0.05) is 12.1 Å². The molecule has 18 heavy (non-hydrogen) atoms. The smallest absolute Gasteiger partial charge is 0.271 e. The average molecular weight is 249 g/mol. The second kappa shape index (κ2) is 4.07. The van der Waals surface area contributed by atoms with Gasteiger partial charge in [0.25, 0.3) is 5.69 Å². The van der Waals surface area contributed by atoms with E-state index in [1.165, 1.54) is 0 Å². The number of benzene rings is 1. The molecule has 2 rings (SSSR count). The van der Waals surface area contributed by atoms with Crippen molar-refractivity contribution in [3.8, 4) is 6.07 Å². The Bertz CT molecular complexity index is 575. The van der Waals surface area contributed by atoms with Crippen LogP contribution in [-0.2, 0) is 4.79 Å². The summed E-state index contributed by atoms with van der Waals surface area (Å²) in [6.07, 6.45) is 0.845. The molecular formula is C11H8FN3O3. The second-order valence-electron chi connectivity index (χ2n) is 4.07. The van der Waals surface area contributed by atoms with Gasteiger partial charge < -0.3 is 5.32 Å². The molecule has 1 aliphatic carbocycles. The molecule has 1 aromatic rings. The van der Waals surface area contributed by atoms with Gasteiger partial charge in [-0.25, -0.2) is 4.39 Å². The van der Waals surface area contributed by atoms with Crippen LogP contribution in [0.1, 0.15) is 12.8 Å². The second-order valence-corrected chi connectivity index (χ2v) is 4.07. The zero-order valence-corrected chi connectivity index (χ0v) is 9.14. The van der Waals surface area contributed by atoms with Crippen LogP contribution in [0.2, 0.25) is 0 Å². The van der Waals surface area contributed by atoms with Crippen LogP contribution in [0.15, 0.2) is 18.2 Å². The topological polar surface area (TPSA) is 96.0 Å². The first kappa shape index (κ1) is 12.0. The number of nitriles is 1. The molecule has 0 radical (unpaired) electrons. The number of rotatable bonds is 3. The molecule has 0 aliphatic heterocycles. The van der Waals surface area contributed by atoms with Crippen molar-refractivity contribution in [2.45, 2.75) is 12.8 Å². The van der Waals surface area contributed by atoms with E-state index in [1.54, 1.807) is 0 Å². The maximum absolute atomic E-state index is 13.4. The lowest BCUT2D eigenvalue weighted by molar-refractivity contribution is -0.384. The van der Waals surface area contributed by atoms with Gasteiger partial charge >= 0.3 is 0 Å². The summed E-state index contributed by atoms with van der Waals surface area (Å²) in [6, 6.07) is 4.70. The zero-order chi connectivity index (χ0) is 13.3. The minimum Gasteiger partial charge on any atom is -0.322 e. The predicted octanol–water partition coefficient (Wildman–Crippen LogP) is 1.98. The summed E-state index contributed by atoms with van der Waals surface area (Å²) in [5.41, 5.74) is -1.71. The number of anilines is 1. The van der Waals surface area contributed by atoms with Crippen molar-refractivity contribution in [3.05, 3.63) is 34.1 Å². The van der Waals surface area contributed by atoms with Crippen LogP contribution in [0.25, 0.3) is 0 Å². The van der Waals surface area contributed by atoms with Crippen LogP contribution >= 0.6 is 0 Å². The molecule has 1 fully saturated rings. The monoisotopic (exact) mass is 249 g/mol. The Morgan fingerprint density at radius 1 is 1.56 bits per heavy atom. The Morgan fingerprint density at radius 3 is 2.72 bits per heavy atom. The van der Waals surface area contributed by atoms with Gasteiger partial charge in [0.2, 0.25) is 5.91 Å². The Labute approximate surface area is 101 Å². The number of amides is 1. The highest BCUT2D eigenvalue weighted by Gasteiger charge is 2.50. The van der Waals surface area contributed by atoms with Gasteiger partial charge in [-0.15, -0.1) is 0 Å². The predicted molar refractivity (Wildman–Crippen MR) is 59.0 cm³/mol. The lowest BCUT2D eigenvalue weighted by Crippen LogP contribution is -2.23. The molecule has 1 saturated carbocycles. The van der Waals surface area contributed by atoms with Crippen LogP contribution in [0, 0.1) is 32.7 Å². The van der Waals surface area contributed by atoms with Crippen molar-refractivity contribution >= 4 is 17.3 Å². The van der Waals surface area contributed by atoms with Crippen molar-refractivity contribution in [1.29, 1.82) is 5.26 Å². The number of halogens is 1. The molecule has 1 amide bonds. The molecule has 92 valence electrons. The normalized spacial score (nSPS) is 15.6. The number of carbonyl (C=O) groups is 1. The molecule has 0 aromatic heterocycles. The number of hydrogen-bond acceptors (Lipinski definition) is 4. The van der Waals surface area contributed by atoms with E-state index in [9.17, 15) is 19.3 Å². The number of non-ortho nitro benzene ring substituents is 1. The van der Waals surface area contributed by atoms with Crippen molar-refractivity contribution in [2.24, 2.45) is 5.41 Å². The Kier molecular flexibility index (Phi) is 2.71. The van der Waals surface area contributed by atoms with Gasteiger partial charge in [0.1, 0.15) is 11.2 Å². The number of nitro groups is 1. The van der Waals surface area contributed by atoms with Crippen molar-refractivity contribution in [1.82, 2.24) is 0 Å². The first-order chi connectivity index (χ1) is 8.48. The maximum atomic E-state index is 13.4. The van der Waals surface area contributed by atoms with E-state index in [1.807, 2.05) is 6.07 Å². The van der Waals surface area contributed by atoms with Gasteiger partial charge in [-0.1, -0.05) is 0 Å². The van der Waals surface area contributed by atoms with Gasteiger partial charge in [-0.05, 0) is 18.9 Å². The summed E-state index contributed by atoms with van der Waals surface area (Å²) < 4.78 is 13.4. The van der Waals surface area contributed by atoms with Gasteiger partial charge in [-0.3, -0.25) is 14.9 Å². The fourth-order valence-electron chi connectivity index (χ4n) is 1.48. The van der Waals surface area contributed by atoms with E-state index >= 15 is 0 Å². The standard InChI is InChI=1S/C11H8FN3O3/c12-8-2-1-7(15(17)18)5-9(8)14-10(16)11(6-13)3-4-11/h1-2,5H,3-4H2,(H,14,16). The molecule has 0 saturated heterocycles. The van der Waals surface area contributed by atoms with E-state index in [4.69, 9.17) is 5.26 Å². The van der Waals surface area contributed by atoms with Crippen molar-refractivity contribution < 1.29 is 14.1 Å². The minimum absolute atomic E-state index is 0.282. The molecule has 1 N–H and O–H groups in total. The highest BCUT2D eigenvalue weighted by atomic mass is 19.1.